The summed E-state index contributed by atoms with van der Waals surface area (Å²) in [6, 6.07) is 11.7. The molecule has 3 rings (SSSR count). The Labute approximate surface area is 174 Å². The summed E-state index contributed by atoms with van der Waals surface area (Å²) < 4.78 is 0. The molecule has 0 aromatic heterocycles. The Hall–Kier alpha value is -2.12. The van der Waals surface area contributed by atoms with Gasteiger partial charge in [0.2, 0.25) is 5.91 Å². The zero-order valence-electron chi connectivity index (χ0n) is 17.9. The van der Waals surface area contributed by atoms with E-state index in [1.807, 2.05) is 7.05 Å². The van der Waals surface area contributed by atoms with E-state index in [1.54, 1.807) is 7.05 Å². The summed E-state index contributed by atoms with van der Waals surface area (Å²) in [6.45, 7) is 5.47. The fraction of sp³-hybridized carbons (Fsp3) is 0.636. The fourth-order valence-electron chi connectivity index (χ4n) is 4.27. The lowest BCUT2D eigenvalue weighted by molar-refractivity contribution is -0.122. The second-order valence-electron chi connectivity index (χ2n) is 8.07. The molecule has 1 aromatic rings. The van der Waals surface area contributed by atoms with Crippen molar-refractivity contribution in [2.75, 3.05) is 46.8 Å². The van der Waals surface area contributed by atoms with Gasteiger partial charge in [0, 0.05) is 52.4 Å². The minimum atomic E-state index is 0.0884. The van der Waals surface area contributed by atoms with E-state index in [1.165, 1.54) is 18.4 Å². The quantitative estimate of drug-likeness (QED) is 0.471. The number of benzene rings is 1. The predicted octanol–water partition coefficient (Wildman–Crippen LogP) is 1.03. The van der Waals surface area contributed by atoms with E-state index in [-0.39, 0.29) is 5.91 Å². The highest BCUT2D eigenvalue weighted by Crippen LogP contribution is 2.19. The minimum absolute atomic E-state index is 0.0884. The monoisotopic (exact) mass is 400 g/mol. The van der Waals surface area contributed by atoms with Crippen LogP contribution in [0.25, 0.3) is 0 Å². The van der Waals surface area contributed by atoms with Crippen LogP contribution < -0.4 is 16.0 Å². The lowest BCUT2D eigenvalue weighted by Gasteiger charge is -2.33. The van der Waals surface area contributed by atoms with E-state index in [9.17, 15) is 4.79 Å². The van der Waals surface area contributed by atoms with Crippen LogP contribution in [0.5, 0.6) is 0 Å². The van der Waals surface area contributed by atoms with Crippen LogP contribution in [0.4, 0.5) is 0 Å². The van der Waals surface area contributed by atoms with Crippen molar-refractivity contribution < 1.29 is 4.79 Å². The highest BCUT2D eigenvalue weighted by atomic mass is 16.1. The highest BCUT2D eigenvalue weighted by molar-refractivity contribution is 5.80. The molecule has 1 aromatic carbocycles. The smallest absolute Gasteiger partial charge is 0.233 e. The van der Waals surface area contributed by atoms with Crippen molar-refractivity contribution in [1.82, 2.24) is 25.8 Å². The van der Waals surface area contributed by atoms with Gasteiger partial charge >= 0.3 is 0 Å². The topological polar surface area (TPSA) is 72.0 Å². The van der Waals surface area contributed by atoms with E-state index in [2.05, 4.69) is 61.1 Å². The van der Waals surface area contributed by atoms with Crippen molar-refractivity contribution in [2.45, 2.75) is 44.3 Å². The SMILES string of the molecule is CN=C(NCC1CCCN1Cc1ccccc1)NC1CCN(CC(=O)NC)CC1. The Morgan fingerprint density at radius 3 is 2.59 bits per heavy atom. The van der Waals surface area contributed by atoms with Gasteiger partial charge in [-0.25, -0.2) is 0 Å². The number of carbonyl (C=O) groups excluding carboxylic acids is 1. The first kappa shape index (κ1) is 21.6. The second-order valence-corrected chi connectivity index (χ2v) is 8.07. The van der Waals surface area contributed by atoms with Gasteiger partial charge in [0.15, 0.2) is 5.96 Å². The first-order valence-electron chi connectivity index (χ1n) is 10.9. The molecule has 1 amide bonds. The molecule has 7 heteroatoms. The first-order valence-corrected chi connectivity index (χ1v) is 10.9. The Morgan fingerprint density at radius 1 is 1.14 bits per heavy atom. The fourth-order valence-corrected chi connectivity index (χ4v) is 4.27. The summed E-state index contributed by atoms with van der Waals surface area (Å²) in [7, 11) is 3.53. The molecule has 1 atom stereocenters. The maximum Gasteiger partial charge on any atom is 0.233 e. The molecule has 2 saturated heterocycles. The van der Waals surface area contributed by atoms with Crippen molar-refractivity contribution >= 4 is 11.9 Å². The lowest BCUT2D eigenvalue weighted by Crippen LogP contribution is -2.51. The van der Waals surface area contributed by atoms with E-state index >= 15 is 0 Å². The Bertz CT molecular complexity index is 657. The van der Waals surface area contributed by atoms with Crippen molar-refractivity contribution in [3.8, 4) is 0 Å². The number of amides is 1. The molecule has 0 radical (unpaired) electrons. The Kier molecular flexibility index (Phi) is 8.31. The summed E-state index contributed by atoms with van der Waals surface area (Å²) in [5, 5.41) is 9.82. The maximum absolute atomic E-state index is 11.5. The number of rotatable bonds is 7. The third-order valence-electron chi connectivity index (χ3n) is 6.03. The number of guanidine groups is 1. The molecule has 2 heterocycles. The molecule has 2 fully saturated rings. The lowest BCUT2D eigenvalue weighted by atomic mass is 10.1. The molecule has 29 heavy (non-hydrogen) atoms. The van der Waals surface area contributed by atoms with Crippen molar-refractivity contribution in [2.24, 2.45) is 4.99 Å². The van der Waals surface area contributed by atoms with Crippen LogP contribution in [-0.4, -0.2) is 80.6 Å². The molecular formula is C22H36N6O. The number of likely N-dealkylation sites (tertiary alicyclic amines) is 2. The van der Waals surface area contributed by atoms with Gasteiger partial charge in [0.25, 0.3) is 0 Å². The van der Waals surface area contributed by atoms with E-state index in [4.69, 9.17) is 0 Å². The number of carbonyl (C=O) groups is 1. The van der Waals surface area contributed by atoms with Gasteiger partial charge in [0.05, 0.1) is 6.54 Å². The minimum Gasteiger partial charge on any atom is -0.358 e. The summed E-state index contributed by atoms with van der Waals surface area (Å²) in [6.07, 6.45) is 4.55. The van der Waals surface area contributed by atoms with Crippen LogP contribution in [-0.2, 0) is 11.3 Å². The van der Waals surface area contributed by atoms with Gasteiger partial charge < -0.3 is 16.0 Å². The molecule has 0 bridgehead atoms. The molecule has 7 nitrogen and oxygen atoms in total. The third kappa shape index (κ3) is 6.72. The number of hydrogen-bond acceptors (Lipinski definition) is 4. The van der Waals surface area contributed by atoms with Gasteiger partial charge in [0.1, 0.15) is 0 Å². The van der Waals surface area contributed by atoms with Crippen molar-refractivity contribution in [1.29, 1.82) is 0 Å². The zero-order valence-corrected chi connectivity index (χ0v) is 17.9. The molecule has 160 valence electrons. The molecule has 2 aliphatic heterocycles. The van der Waals surface area contributed by atoms with Gasteiger partial charge in [-0.2, -0.15) is 0 Å². The van der Waals surface area contributed by atoms with Gasteiger partial charge in [-0.15, -0.1) is 0 Å². The molecule has 0 aliphatic carbocycles. The number of nitrogens with zero attached hydrogens (tertiary/aromatic N) is 3. The summed E-state index contributed by atoms with van der Waals surface area (Å²) in [5.41, 5.74) is 1.38. The molecule has 2 aliphatic rings. The highest BCUT2D eigenvalue weighted by Gasteiger charge is 2.25. The summed E-state index contributed by atoms with van der Waals surface area (Å²) in [5.74, 6) is 0.979. The van der Waals surface area contributed by atoms with E-state index in [0.717, 1.165) is 51.5 Å². The predicted molar refractivity (Wildman–Crippen MR) is 118 cm³/mol. The van der Waals surface area contributed by atoms with E-state index in [0.29, 0.717) is 18.6 Å². The third-order valence-corrected chi connectivity index (χ3v) is 6.03. The molecule has 0 spiro atoms. The molecule has 1 unspecified atom stereocenters. The molecular weight excluding hydrogens is 364 g/mol. The normalized spacial score (nSPS) is 21.9. The van der Waals surface area contributed by atoms with Gasteiger partial charge in [-0.05, 0) is 37.8 Å². The largest absolute Gasteiger partial charge is 0.358 e. The van der Waals surface area contributed by atoms with Gasteiger partial charge in [-0.1, -0.05) is 30.3 Å². The van der Waals surface area contributed by atoms with Crippen LogP contribution in [0, 0.1) is 0 Å². The summed E-state index contributed by atoms with van der Waals surface area (Å²) in [4.78, 5) is 20.8. The Morgan fingerprint density at radius 2 is 1.90 bits per heavy atom. The average Bonchev–Trinajstić information content (AvgIpc) is 3.19. The van der Waals surface area contributed by atoms with Crippen LogP contribution >= 0.6 is 0 Å². The van der Waals surface area contributed by atoms with Crippen molar-refractivity contribution in [3.63, 3.8) is 0 Å². The summed E-state index contributed by atoms with van der Waals surface area (Å²) >= 11 is 0. The number of hydrogen-bond donors (Lipinski definition) is 3. The van der Waals surface area contributed by atoms with Crippen LogP contribution in [0.3, 0.4) is 0 Å². The number of nitrogens with one attached hydrogen (secondary N) is 3. The van der Waals surface area contributed by atoms with Crippen molar-refractivity contribution in [3.05, 3.63) is 35.9 Å². The maximum atomic E-state index is 11.5. The van der Waals surface area contributed by atoms with Gasteiger partial charge in [-0.3, -0.25) is 19.6 Å². The second kappa shape index (κ2) is 11.2. The Balaban J connectivity index is 1.40. The molecule has 3 N–H and O–H groups in total. The van der Waals surface area contributed by atoms with Crippen LogP contribution in [0.2, 0.25) is 0 Å². The van der Waals surface area contributed by atoms with Crippen LogP contribution in [0.1, 0.15) is 31.2 Å². The first-order chi connectivity index (χ1) is 14.2. The number of aliphatic imine (C=N–C) groups is 1. The molecule has 0 saturated carbocycles. The van der Waals surface area contributed by atoms with Crippen LogP contribution in [0.15, 0.2) is 35.3 Å². The zero-order chi connectivity index (χ0) is 20.5. The number of piperidine rings is 1. The standard InChI is InChI=1S/C22H36N6O/c1-23-21(29)17-27-13-10-19(11-14-27)26-22(24-2)25-15-20-9-6-12-28(20)16-18-7-4-3-5-8-18/h3-5,7-8,19-20H,6,9-17H2,1-2H3,(H,23,29)(H2,24,25,26). The average molecular weight is 401 g/mol. The number of likely N-dealkylation sites (N-methyl/N-ethyl adjacent to an activating group) is 1. The van der Waals surface area contributed by atoms with E-state index < -0.39 is 0 Å².